The van der Waals surface area contributed by atoms with E-state index < -0.39 is 0 Å². The molecule has 0 atom stereocenters. The van der Waals surface area contributed by atoms with Crippen LogP contribution < -0.4 is 0 Å². The lowest BCUT2D eigenvalue weighted by Crippen LogP contribution is -2.01. The Morgan fingerprint density at radius 2 is 1.93 bits per heavy atom. The Labute approximate surface area is 91.6 Å². The molecule has 15 heavy (non-hydrogen) atoms. The molecule has 0 amide bonds. The standard InChI is InChI=1S/C14H17N/c1-12(13-8-4-2-5-9-13)15-14-10-6-3-7-11-14/h3,6-8,10-11H,2,4-5,9H2,1H3. The number of para-hydroxylation sites is 1. The number of rotatable bonds is 2. The van der Waals surface area contributed by atoms with Crippen LogP contribution in [0.2, 0.25) is 0 Å². The molecule has 1 aromatic rings. The number of nitrogens with zero attached hydrogens (tertiary/aromatic N) is 1. The lowest BCUT2D eigenvalue weighted by atomic mass is 9.96. The van der Waals surface area contributed by atoms with Crippen LogP contribution in [-0.2, 0) is 0 Å². The summed E-state index contributed by atoms with van der Waals surface area (Å²) in [6, 6.07) is 10.2. The third-order valence-electron chi connectivity index (χ3n) is 2.81. The molecular weight excluding hydrogens is 182 g/mol. The van der Waals surface area contributed by atoms with Crippen LogP contribution in [0.3, 0.4) is 0 Å². The normalized spacial score (nSPS) is 17.4. The molecule has 0 N–H and O–H groups in total. The van der Waals surface area contributed by atoms with Gasteiger partial charge in [-0.3, -0.25) is 4.99 Å². The van der Waals surface area contributed by atoms with E-state index in [1.807, 2.05) is 30.3 Å². The highest BCUT2D eigenvalue weighted by Crippen LogP contribution is 2.20. The average Bonchev–Trinajstić information content (AvgIpc) is 2.31. The van der Waals surface area contributed by atoms with Crippen molar-refractivity contribution in [1.29, 1.82) is 0 Å². The SMILES string of the molecule is CC(=Nc1ccccc1)C1=CCCCC1. The molecule has 0 spiro atoms. The van der Waals surface area contributed by atoms with Crippen LogP contribution in [0, 0.1) is 0 Å². The molecule has 1 aliphatic carbocycles. The molecule has 0 heterocycles. The molecule has 1 heteroatoms. The van der Waals surface area contributed by atoms with E-state index in [1.165, 1.54) is 37.0 Å². The lowest BCUT2D eigenvalue weighted by molar-refractivity contribution is 0.717. The fourth-order valence-electron chi connectivity index (χ4n) is 1.93. The molecule has 0 unspecified atom stereocenters. The molecular formula is C14H17N. The summed E-state index contributed by atoms with van der Waals surface area (Å²) in [6.45, 7) is 2.12. The molecule has 0 aliphatic heterocycles. The van der Waals surface area contributed by atoms with Crippen LogP contribution in [0.4, 0.5) is 5.69 Å². The lowest BCUT2D eigenvalue weighted by Gasteiger charge is -2.12. The number of hydrogen-bond donors (Lipinski definition) is 0. The van der Waals surface area contributed by atoms with Gasteiger partial charge < -0.3 is 0 Å². The Hall–Kier alpha value is -1.37. The van der Waals surface area contributed by atoms with Gasteiger partial charge in [0.05, 0.1) is 5.69 Å². The van der Waals surface area contributed by atoms with E-state index in [0.717, 1.165) is 5.69 Å². The van der Waals surface area contributed by atoms with Gasteiger partial charge in [-0.15, -0.1) is 0 Å². The van der Waals surface area contributed by atoms with Crippen molar-refractivity contribution in [2.45, 2.75) is 32.6 Å². The maximum Gasteiger partial charge on any atom is 0.0632 e. The van der Waals surface area contributed by atoms with Gasteiger partial charge in [-0.2, -0.15) is 0 Å². The third kappa shape index (κ3) is 2.79. The van der Waals surface area contributed by atoms with Gasteiger partial charge in [0.25, 0.3) is 0 Å². The third-order valence-corrected chi connectivity index (χ3v) is 2.81. The number of allylic oxidation sites excluding steroid dienone is 2. The zero-order valence-electron chi connectivity index (χ0n) is 9.24. The van der Waals surface area contributed by atoms with Gasteiger partial charge in [0.15, 0.2) is 0 Å². The van der Waals surface area contributed by atoms with Crippen molar-refractivity contribution < 1.29 is 0 Å². The van der Waals surface area contributed by atoms with Crippen LogP contribution in [0.25, 0.3) is 0 Å². The first-order chi connectivity index (χ1) is 7.36. The van der Waals surface area contributed by atoms with Crippen LogP contribution in [-0.4, -0.2) is 5.71 Å². The molecule has 1 nitrogen and oxygen atoms in total. The second-order valence-corrected chi connectivity index (χ2v) is 4.01. The predicted octanol–water partition coefficient (Wildman–Crippen LogP) is 4.28. The minimum atomic E-state index is 1.06. The average molecular weight is 199 g/mol. The van der Waals surface area contributed by atoms with Crippen molar-refractivity contribution >= 4 is 11.4 Å². The Balaban J connectivity index is 2.16. The van der Waals surface area contributed by atoms with Crippen molar-refractivity contribution in [3.63, 3.8) is 0 Å². The highest BCUT2D eigenvalue weighted by atomic mass is 14.7. The monoisotopic (exact) mass is 199 g/mol. The first-order valence-corrected chi connectivity index (χ1v) is 5.66. The van der Waals surface area contributed by atoms with Crippen molar-refractivity contribution in [3.05, 3.63) is 42.0 Å². The molecule has 78 valence electrons. The van der Waals surface area contributed by atoms with Gasteiger partial charge in [-0.05, 0) is 50.3 Å². The van der Waals surface area contributed by atoms with Gasteiger partial charge in [-0.1, -0.05) is 24.3 Å². The van der Waals surface area contributed by atoms with Crippen LogP contribution in [0.5, 0.6) is 0 Å². The van der Waals surface area contributed by atoms with E-state index in [-0.39, 0.29) is 0 Å². The van der Waals surface area contributed by atoms with Crippen LogP contribution in [0.1, 0.15) is 32.6 Å². The van der Waals surface area contributed by atoms with E-state index in [4.69, 9.17) is 0 Å². The van der Waals surface area contributed by atoms with E-state index >= 15 is 0 Å². The molecule has 0 aromatic heterocycles. The van der Waals surface area contributed by atoms with E-state index in [0.29, 0.717) is 0 Å². The highest BCUT2D eigenvalue weighted by molar-refractivity contribution is 5.99. The Morgan fingerprint density at radius 3 is 2.60 bits per heavy atom. The molecule has 2 rings (SSSR count). The fourth-order valence-corrected chi connectivity index (χ4v) is 1.93. The summed E-state index contributed by atoms with van der Waals surface area (Å²) in [4.78, 5) is 4.63. The minimum Gasteiger partial charge on any atom is -0.253 e. The molecule has 0 saturated heterocycles. The van der Waals surface area contributed by atoms with Gasteiger partial charge >= 0.3 is 0 Å². The van der Waals surface area contributed by atoms with Crippen LogP contribution >= 0.6 is 0 Å². The largest absolute Gasteiger partial charge is 0.253 e. The molecule has 1 aliphatic rings. The van der Waals surface area contributed by atoms with Gasteiger partial charge in [0.2, 0.25) is 0 Å². The Morgan fingerprint density at radius 1 is 1.13 bits per heavy atom. The van der Waals surface area contributed by atoms with Crippen molar-refractivity contribution in [2.75, 3.05) is 0 Å². The first kappa shape index (κ1) is 10.2. The molecule has 1 aromatic carbocycles. The number of benzene rings is 1. The molecule has 0 saturated carbocycles. The second kappa shape index (κ2) is 4.92. The summed E-state index contributed by atoms with van der Waals surface area (Å²) in [6.07, 6.45) is 7.40. The van der Waals surface area contributed by atoms with E-state index in [1.54, 1.807) is 0 Å². The number of hydrogen-bond acceptors (Lipinski definition) is 1. The van der Waals surface area contributed by atoms with Gasteiger partial charge in [0, 0.05) is 5.71 Å². The van der Waals surface area contributed by atoms with Crippen molar-refractivity contribution in [3.8, 4) is 0 Å². The summed E-state index contributed by atoms with van der Waals surface area (Å²) >= 11 is 0. The first-order valence-electron chi connectivity index (χ1n) is 5.66. The van der Waals surface area contributed by atoms with Crippen molar-refractivity contribution in [1.82, 2.24) is 0 Å². The smallest absolute Gasteiger partial charge is 0.0632 e. The van der Waals surface area contributed by atoms with Gasteiger partial charge in [-0.25, -0.2) is 0 Å². The molecule has 0 bridgehead atoms. The quantitative estimate of drug-likeness (QED) is 0.630. The summed E-state index contributed by atoms with van der Waals surface area (Å²) in [5, 5.41) is 0. The zero-order valence-corrected chi connectivity index (χ0v) is 9.24. The topological polar surface area (TPSA) is 12.4 Å². The predicted molar refractivity (Wildman–Crippen MR) is 65.8 cm³/mol. The maximum absolute atomic E-state index is 4.63. The fraction of sp³-hybridized carbons (Fsp3) is 0.357. The molecule has 0 fully saturated rings. The second-order valence-electron chi connectivity index (χ2n) is 4.01. The van der Waals surface area contributed by atoms with Crippen molar-refractivity contribution in [2.24, 2.45) is 4.99 Å². The van der Waals surface area contributed by atoms with E-state index in [2.05, 4.69) is 18.0 Å². The summed E-state index contributed by atoms with van der Waals surface area (Å²) in [7, 11) is 0. The van der Waals surface area contributed by atoms with Crippen LogP contribution in [0.15, 0.2) is 47.0 Å². The zero-order chi connectivity index (χ0) is 10.5. The summed E-state index contributed by atoms with van der Waals surface area (Å²) < 4.78 is 0. The maximum atomic E-state index is 4.63. The Bertz CT molecular complexity index is 374. The number of aliphatic imine (C=N–C) groups is 1. The Kier molecular flexibility index (Phi) is 3.33. The van der Waals surface area contributed by atoms with Gasteiger partial charge in [0.1, 0.15) is 0 Å². The highest BCUT2D eigenvalue weighted by Gasteiger charge is 2.05. The minimum absolute atomic E-state index is 1.06. The van der Waals surface area contributed by atoms with E-state index in [9.17, 15) is 0 Å². The summed E-state index contributed by atoms with van der Waals surface area (Å²) in [5.41, 5.74) is 3.67. The molecule has 0 radical (unpaired) electrons. The summed E-state index contributed by atoms with van der Waals surface area (Å²) in [5.74, 6) is 0.